The highest BCUT2D eigenvalue weighted by atomic mass is 32.2. The van der Waals surface area contributed by atoms with Crippen molar-refractivity contribution in [2.75, 3.05) is 5.32 Å². The Balaban J connectivity index is 1.57. The summed E-state index contributed by atoms with van der Waals surface area (Å²) < 4.78 is 2.09. The number of aromatic carboxylic acids is 1. The molecule has 0 spiro atoms. The summed E-state index contributed by atoms with van der Waals surface area (Å²) in [5.41, 5.74) is 7.04. The van der Waals surface area contributed by atoms with E-state index < -0.39 is 5.97 Å². The molecule has 7 heteroatoms. The molecule has 0 saturated carbocycles. The molecule has 1 aromatic heterocycles. The van der Waals surface area contributed by atoms with Crippen molar-refractivity contribution in [3.05, 3.63) is 87.1 Å². The van der Waals surface area contributed by atoms with Gasteiger partial charge in [0, 0.05) is 22.8 Å². The lowest BCUT2D eigenvalue weighted by Crippen LogP contribution is -2.30. The van der Waals surface area contributed by atoms with Crippen molar-refractivity contribution >= 4 is 35.4 Å². The van der Waals surface area contributed by atoms with Gasteiger partial charge in [0.2, 0.25) is 0 Å². The fourth-order valence-corrected chi connectivity index (χ4v) is 5.01. The number of hydrogen-bond donors (Lipinski definition) is 3. The Morgan fingerprint density at radius 1 is 1.15 bits per heavy atom. The second kappa shape index (κ2) is 9.19. The number of thioether (sulfide) groups is 1. The summed E-state index contributed by atoms with van der Waals surface area (Å²) in [5.74, 6) is -1.04. The van der Waals surface area contributed by atoms with Crippen molar-refractivity contribution in [1.82, 2.24) is 9.88 Å². The molecule has 170 valence electrons. The van der Waals surface area contributed by atoms with Crippen molar-refractivity contribution in [3.63, 3.8) is 0 Å². The van der Waals surface area contributed by atoms with Gasteiger partial charge in [0.05, 0.1) is 10.5 Å². The third-order valence-corrected chi connectivity index (χ3v) is 6.86. The zero-order chi connectivity index (χ0) is 23.7. The molecule has 33 heavy (non-hydrogen) atoms. The molecular formula is C26H27N3O3S. The van der Waals surface area contributed by atoms with E-state index in [1.807, 2.05) is 51.1 Å². The highest BCUT2D eigenvalue weighted by Gasteiger charge is 2.27. The van der Waals surface area contributed by atoms with Crippen LogP contribution in [0.2, 0.25) is 0 Å². The fraction of sp³-hybridized carbons (Fsp3) is 0.231. The largest absolute Gasteiger partial charge is 0.478 e. The number of anilines is 1. The smallest absolute Gasteiger partial charge is 0.335 e. The van der Waals surface area contributed by atoms with Gasteiger partial charge in [-0.25, -0.2) is 4.79 Å². The molecule has 0 radical (unpaired) electrons. The second-order valence-electron chi connectivity index (χ2n) is 8.14. The molecule has 0 unspecified atom stereocenters. The molecule has 1 aliphatic heterocycles. The number of rotatable bonds is 6. The number of carbonyl (C=O) groups is 2. The van der Waals surface area contributed by atoms with Gasteiger partial charge in [0.15, 0.2) is 5.50 Å². The molecule has 1 aliphatic rings. The summed E-state index contributed by atoms with van der Waals surface area (Å²) in [7, 11) is 0. The lowest BCUT2D eigenvalue weighted by atomic mass is 10.1. The van der Waals surface area contributed by atoms with Crippen LogP contribution in [-0.2, 0) is 11.2 Å². The average molecular weight is 462 g/mol. The third-order valence-electron chi connectivity index (χ3n) is 5.83. The Kier molecular flexibility index (Phi) is 6.33. The van der Waals surface area contributed by atoms with E-state index in [1.54, 1.807) is 12.1 Å². The Morgan fingerprint density at radius 2 is 1.88 bits per heavy atom. The van der Waals surface area contributed by atoms with Gasteiger partial charge in [0.1, 0.15) is 0 Å². The monoisotopic (exact) mass is 461 g/mol. The van der Waals surface area contributed by atoms with Crippen LogP contribution in [-0.4, -0.2) is 27.0 Å². The van der Waals surface area contributed by atoms with E-state index in [4.69, 9.17) is 0 Å². The van der Waals surface area contributed by atoms with Gasteiger partial charge in [-0.2, -0.15) is 0 Å². The van der Waals surface area contributed by atoms with Crippen LogP contribution in [0.3, 0.4) is 0 Å². The number of amides is 1. The van der Waals surface area contributed by atoms with Crippen LogP contribution < -0.4 is 10.6 Å². The van der Waals surface area contributed by atoms with Crippen LogP contribution >= 0.6 is 11.8 Å². The first kappa shape index (κ1) is 22.7. The Hall–Kier alpha value is -3.45. The van der Waals surface area contributed by atoms with E-state index in [0.29, 0.717) is 4.91 Å². The Labute approximate surface area is 197 Å². The van der Waals surface area contributed by atoms with E-state index >= 15 is 0 Å². The van der Waals surface area contributed by atoms with Gasteiger partial charge < -0.3 is 20.3 Å². The number of nitrogens with one attached hydrogen (secondary N) is 2. The molecule has 1 atom stereocenters. The molecule has 0 bridgehead atoms. The van der Waals surface area contributed by atoms with Gasteiger partial charge in [-0.3, -0.25) is 4.79 Å². The molecule has 3 aromatic rings. The summed E-state index contributed by atoms with van der Waals surface area (Å²) in [6.07, 6.45) is 2.91. The van der Waals surface area contributed by atoms with E-state index in [-0.39, 0.29) is 17.0 Å². The molecule has 1 saturated heterocycles. The molecular weight excluding hydrogens is 434 g/mol. The maximum absolute atomic E-state index is 12.6. The number of carboxylic acid groups (broad SMARTS) is 1. The van der Waals surface area contributed by atoms with Crippen LogP contribution in [0.15, 0.2) is 53.4 Å². The van der Waals surface area contributed by atoms with Crippen LogP contribution in [0.25, 0.3) is 11.8 Å². The SMILES string of the molecule is CCc1ccc(N[C@H]2NC(=O)/C(=C/c3cc(C)n(-c4ccc(C(=O)O)cc4C)c3C)S2)cc1. The normalized spacial score (nSPS) is 16.8. The number of nitrogens with zero attached hydrogens (tertiary/aromatic N) is 1. The molecule has 2 heterocycles. The van der Waals surface area contributed by atoms with Crippen molar-refractivity contribution in [2.45, 2.75) is 39.6 Å². The van der Waals surface area contributed by atoms with Crippen molar-refractivity contribution in [3.8, 4) is 5.69 Å². The molecule has 1 amide bonds. The number of carbonyl (C=O) groups excluding carboxylic acids is 1. The summed E-state index contributed by atoms with van der Waals surface area (Å²) in [5, 5.41) is 15.6. The summed E-state index contributed by atoms with van der Waals surface area (Å²) in [6.45, 7) is 8.04. The van der Waals surface area contributed by atoms with Gasteiger partial charge in [-0.05, 0) is 86.4 Å². The average Bonchev–Trinajstić information content (AvgIpc) is 3.26. The topological polar surface area (TPSA) is 83.4 Å². The van der Waals surface area contributed by atoms with Gasteiger partial charge in [-0.1, -0.05) is 30.8 Å². The first-order valence-corrected chi connectivity index (χ1v) is 11.7. The number of benzene rings is 2. The second-order valence-corrected chi connectivity index (χ2v) is 9.29. The molecule has 0 aliphatic carbocycles. The maximum Gasteiger partial charge on any atom is 0.335 e. The van der Waals surface area contributed by atoms with E-state index in [0.717, 1.165) is 40.3 Å². The van der Waals surface area contributed by atoms with Gasteiger partial charge >= 0.3 is 5.97 Å². The molecule has 6 nitrogen and oxygen atoms in total. The van der Waals surface area contributed by atoms with E-state index in [1.165, 1.54) is 17.3 Å². The minimum Gasteiger partial charge on any atom is -0.478 e. The number of carboxylic acids is 1. The Morgan fingerprint density at radius 3 is 2.52 bits per heavy atom. The lowest BCUT2D eigenvalue weighted by molar-refractivity contribution is -0.116. The van der Waals surface area contributed by atoms with Crippen LogP contribution in [0.4, 0.5) is 5.69 Å². The first-order chi connectivity index (χ1) is 15.8. The van der Waals surface area contributed by atoms with Gasteiger partial charge in [-0.15, -0.1) is 0 Å². The van der Waals surface area contributed by atoms with Crippen molar-refractivity contribution in [1.29, 1.82) is 0 Å². The molecule has 4 rings (SSSR count). The Bertz CT molecular complexity index is 1260. The summed E-state index contributed by atoms with van der Waals surface area (Å²) in [4.78, 5) is 24.5. The number of aromatic nitrogens is 1. The van der Waals surface area contributed by atoms with Crippen LogP contribution in [0, 0.1) is 20.8 Å². The van der Waals surface area contributed by atoms with Gasteiger partial charge in [0.25, 0.3) is 5.91 Å². The highest BCUT2D eigenvalue weighted by molar-refractivity contribution is 8.05. The standard InChI is InChI=1S/C26H27N3O3S/c1-5-18-6-9-21(10-7-18)27-26-28-24(30)23(33-26)14-20-13-16(3)29(17(20)4)22-11-8-19(25(31)32)12-15(22)2/h6-14,26-27H,5H2,1-4H3,(H,28,30)(H,31,32)/b23-14-/t26-/m0/s1. The summed E-state index contributed by atoms with van der Waals surface area (Å²) in [6, 6.07) is 15.4. The van der Waals surface area contributed by atoms with Crippen LogP contribution in [0.1, 0.15) is 45.4 Å². The molecule has 3 N–H and O–H groups in total. The highest BCUT2D eigenvalue weighted by Crippen LogP contribution is 2.32. The molecule has 1 fully saturated rings. The van der Waals surface area contributed by atoms with E-state index in [9.17, 15) is 14.7 Å². The minimum absolute atomic E-state index is 0.102. The maximum atomic E-state index is 12.6. The number of aryl methyl sites for hydroxylation is 3. The fourth-order valence-electron chi connectivity index (χ4n) is 4.04. The minimum atomic E-state index is -0.940. The number of hydrogen-bond acceptors (Lipinski definition) is 4. The third kappa shape index (κ3) is 4.68. The molecule has 2 aromatic carbocycles. The zero-order valence-corrected chi connectivity index (χ0v) is 19.9. The van der Waals surface area contributed by atoms with Crippen molar-refractivity contribution < 1.29 is 14.7 Å². The zero-order valence-electron chi connectivity index (χ0n) is 19.1. The van der Waals surface area contributed by atoms with Crippen LogP contribution in [0.5, 0.6) is 0 Å². The lowest BCUT2D eigenvalue weighted by Gasteiger charge is -2.13. The quantitative estimate of drug-likeness (QED) is 0.436. The first-order valence-electron chi connectivity index (χ1n) is 10.8. The predicted molar refractivity (Wildman–Crippen MR) is 134 cm³/mol. The predicted octanol–water partition coefficient (Wildman–Crippen LogP) is 5.26. The van der Waals surface area contributed by atoms with Crippen molar-refractivity contribution in [2.24, 2.45) is 0 Å². The summed E-state index contributed by atoms with van der Waals surface area (Å²) >= 11 is 1.46. The van der Waals surface area contributed by atoms with E-state index in [2.05, 4.69) is 34.3 Å².